The molecule has 0 atom stereocenters. The first-order valence-electron chi connectivity index (χ1n) is 6.25. The Morgan fingerprint density at radius 3 is 3.06 bits per heavy atom. The van der Waals surface area contributed by atoms with Gasteiger partial charge in [0.25, 0.3) is 0 Å². The highest BCUT2D eigenvalue weighted by atomic mass is 32.1. The molecule has 96 valence electrons. The molecular weight excluding hydrogens is 244 g/mol. The lowest BCUT2D eigenvalue weighted by Crippen LogP contribution is -2.31. The average molecular weight is 262 g/mol. The second-order valence-electron chi connectivity index (χ2n) is 4.73. The number of rotatable bonds is 3. The van der Waals surface area contributed by atoms with Gasteiger partial charge in [-0.15, -0.1) is 11.3 Å². The van der Waals surface area contributed by atoms with Crippen molar-refractivity contribution in [2.45, 2.75) is 19.6 Å². The third-order valence-electron chi connectivity index (χ3n) is 3.37. The maximum Gasteiger partial charge on any atom is 0.150 e. The number of likely N-dealkylation sites (N-methyl/N-ethyl adjacent to an activating group) is 1. The van der Waals surface area contributed by atoms with Crippen LogP contribution < -0.4 is 5.32 Å². The van der Waals surface area contributed by atoms with Gasteiger partial charge in [-0.05, 0) is 25.5 Å². The Labute approximate surface area is 111 Å². The molecule has 0 saturated heterocycles. The van der Waals surface area contributed by atoms with Crippen LogP contribution in [0.15, 0.2) is 17.5 Å². The molecule has 2 aromatic heterocycles. The van der Waals surface area contributed by atoms with Crippen LogP contribution in [0.5, 0.6) is 0 Å². The van der Waals surface area contributed by atoms with Crippen molar-refractivity contribution in [1.29, 1.82) is 0 Å². The molecule has 1 N–H and O–H groups in total. The highest BCUT2D eigenvalue weighted by molar-refractivity contribution is 7.13. The largest absolute Gasteiger partial charge is 0.325 e. The first-order valence-corrected chi connectivity index (χ1v) is 7.13. The van der Waals surface area contributed by atoms with Crippen molar-refractivity contribution in [3.63, 3.8) is 0 Å². The number of nitrogens with one attached hydrogen (secondary N) is 1. The fraction of sp³-hybridized carbons (Fsp3) is 0.462. The van der Waals surface area contributed by atoms with Crippen molar-refractivity contribution in [2.24, 2.45) is 0 Å². The van der Waals surface area contributed by atoms with Crippen LogP contribution in [0.2, 0.25) is 0 Å². The number of hydrogen-bond donors (Lipinski definition) is 1. The minimum Gasteiger partial charge on any atom is -0.325 e. The minimum absolute atomic E-state index is 0.842. The van der Waals surface area contributed by atoms with Gasteiger partial charge >= 0.3 is 0 Å². The first kappa shape index (κ1) is 11.9. The molecule has 0 fully saturated rings. The molecule has 0 radical (unpaired) electrons. The van der Waals surface area contributed by atoms with Gasteiger partial charge in [-0.3, -0.25) is 4.90 Å². The van der Waals surface area contributed by atoms with Gasteiger partial charge in [-0.25, -0.2) is 4.98 Å². The average Bonchev–Trinajstić information content (AvgIpc) is 2.97. The van der Waals surface area contributed by atoms with Crippen molar-refractivity contribution >= 4 is 11.3 Å². The predicted octanol–water partition coefficient (Wildman–Crippen LogP) is 1.78. The summed E-state index contributed by atoms with van der Waals surface area (Å²) in [7, 11) is 4.15. The summed E-state index contributed by atoms with van der Waals surface area (Å²) in [5, 5.41) is 5.33. The second kappa shape index (κ2) is 4.84. The Morgan fingerprint density at radius 2 is 2.33 bits per heavy atom. The Kier molecular flexibility index (Phi) is 3.20. The summed E-state index contributed by atoms with van der Waals surface area (Å²) in [6.45, 7) is 3.97. The van der Waals surface area contributed by atoms with Crippen LogP contribution in [-0.2, 0) is 19.6 Å². The predicted molar refractivity (Wildman–Crippen MR) is 74.6 cm³/mol. The second-order valence-corrected chi connectivity index (χ2v) is 5.67. The molecule has 2 aromatic rings. The first-order chi connectivity index (χ1) is 8.79. The van der Waals surface area contributed by atoms with Gasteiger partial charge in [0.05, 0.1) is 16.3 Å². The van der Waals surface area contributed by atoms with Crippen molar-refractivity contribution < 1.29 is 0 Å². The number of thiophene rings is 1. The van der Waals surface area contributed by atoms with E-state index in [1.54, 1.807) is 11.3 Å². The van der Waals surface area contributed by atoms with Crippen molar-refractivity contribution in [1.82, 2.24) is 19.8 Å². The van der Waals surface area contributed by atoms with E-state index in [0.29, 0.717) is 0 Å². The van der Waals surface area contributed by atoms with Crippen molar-refractivity contribution in [3.8, 4) is 10.7 Å². The maximum absolute atomic E-state index is 4.84. The number of fused-ring (bicyclic) bond motifs is 1. The Bertz CT molecular complexity index is 529. The van der Waals surface area contributed by atoms with E-state index in [9.17, 15) is 0 Å². The van der Waals surface area contributed by atoms with Gasteiger partial charge < -0.3 is 9.88 Å². The molecule has 1 aliphatic heterocycles. The molecule has 1 aliphatic rings. The normalized spacial score (nSPS) is 15.9. The zero-order chi connectivity index (χ0) is 12.5. The molecule has 18 heavy (non-hydrogen) atoms. The summed E-state index contributed by atoms with van der Waals surface area (Å²) < 4.78 is 2.39. The summed E-state index contributed by atoms with van der Waals surface area (Å²) in [5.74, 6) is 1.14. The molecule has 3 rings (SSSR count). The third kappa shape index (κ3) is 1.98. The van der Waals surface area contributed by atoms with Crippen LogP contribution >= 0.6 is 11.3 Å². The molecule has 0 spiro atoms. The van der Waals surface area contributed by atoms with Crippen molar-refractivity contribution in [3.05, 3.63) is 28.9 Å². The third-order valence-corrected chi connectivity index (χ3v) is 4.23. The smallest absolute Gasteiger partial charge is 0.150 e. The molecule has 0 unspecified atom stereocenters. The molecule has 0 aromatic carbocycles. The van der Waals surface area contributed by atoms with E-state index in [4.69, 9.17) is 4.98 Å². The fourth-order valence-corrected chi connectivity index (χ4v) is 3.18. The quantitative estimate of drug-likeness (QED) is 0.915. The van der Waals surface area contributed by atoms with E-state index in [0.717, 1.165) is 32.0 Å². The van der Waals surface area contributed by atoms with Crippen molar-refractivity contribution in [2.75, 3.05) is 20.6 Å². The number of hydrogen-bond acceptors (Lipinski definition) is 4. The lowest BCUT2D eigenvalue weighted by Gasteiger charge is -2.25. The van der Waals surface area contributed by atoms with E-state index < -0.39 is 0 Å². The van der Waals surface area contributed by atoms with Gasteiger partial charge in [-0.2, -0.15) is 0 Å². The zero-order valence-electron chi connectivity index (χ0n) is 10.8. The Morgan fingerprint density at radius 1 is 1.44 bits per heavy atom. The highest BCUT2D eigenvalue weighted by Gasteiger charge is 2.22. The monoisotopic (exact) mass is 262 g/mol. The van der Waals surface area contributed by atoms with Crippen LogP contribution in [0.4, 0.5) is 0 Å². The van der Waals surface area contributed by atoms with E-state index in [1.807, 2.05) is 7.05 Å². The topological polar surface area (TPSA) is 33.1 Å². The van der Waals surface area contributed by atoms with Gasteiger partial charge in [0.2, 0.25) is 0 Å². The summed E-state index contributed by atoms with van der Waals surface area (Å²) in [5.41, 5.74) is 2.55. The highest BCUT2D eigenvalue weighted by Crippen LogP contribution is 2.28. The SMILES string of the molecule is CNCc1nc(-c2cccs2)n2c1CN(C)CC2. The summed E-state index contributed by atoms with van der Waals surface area (Å²) in [4.78, 5) is 8.47. The number of nitrogens with zero attached hydrogens (tertiary/aromatic N) is 3. The minimum atomic E-state index is 0.842. The van der Waals surface area contributed by atoms with E-state index in [1.165, 1.54) is 16.3 Å². The number of imidazole rings is 1. The van der Waals surface area contributed by atoms with Crippen LogP contribution in [-0.4, -0.2) is 35.1 Å². The standard InChI is InChI=1S/C13H18N4S/c1-14-8-10-11-9-16(2)5-6-17(11)13(15-10)12-4-3-7-18-12/h3-4,7,14H,5-6,8-9H2,1-2H3. The van der Waals surface area contributed by atoms with E-state index in [-0.39, 0.29) is 0 Å². The lowest BCUT2D eigenvalue weighted by atomic mass is 10.2. The van der Waals surface area contributed by atoms with E-state index in [2.05, 4.69) is 39.3 Å². The van der Waals surface area contributed by atoms with E-state index >= 15 is 0 Å². The molecule has 0 bridgehead atoms. The summed E-state index contributed by atoms with van der Waals surface area (Å²) in [6.07, 6.45) is 0. The maximum atomic E-state index is 4.84. The fourth-order valence-electron chi connectivity index (χ4n) is 2.46. The van der Waals surface area contributed by atoms with Gasteiger partial charge in [0.1, 0.15) is 0 Å². The van der Waals surface area contributed by atoms with Crippen LogP contribution in [0.25, 0.3) is 10.7 Å². The lowest BCUT2D eigenvalue weighted by molar-refractivity contribution is 0.269. The zero-order valence-corrected chi connectivity index (χ0v) is 11.6. The van der Waals surface area contributed by atoms with Gasteiger partial charge in [0, 0.05) is 26.2 Å². The van der Waals surface area contributed by atoms with Gasteiger partial charge in [-0.1, -0.05) is 6.07 Å². The van der Waals surface area contributed by atoms with Crippen LogP contribution in [0.1, 0.15) is 11.4 Å². The van der Waals surface area contributed by atoms with Gasteiger partial charge in [0.15, 0.2) is 5.82 Å². The summed E-state index contributed by atoms with van der Waals surface area (Å²) in [6, 6.07) is 4.25. The molecular formula is C13H18N4S. The molecule has 5 heteroatoms. The van der Waals surface area contributed by atoms with Crippen LogP contribution in [0.3, 0.4) is 0 Å². The molecule has 3 heterocycles. The Hall–Kier alpha value is -1.17. The summed E-state index contributed by atoms with van der Waals surface area (Å²) >= 11 is 1.76. The molecule has 0 amide bonds. The molecule has 0 saturated carbocycles. The molecule has 0 aliphatic carbocycles. The molecule has 4 nitrogen and oxygen atoms in total. The Balaban J connectivity index is 2.08. The van der Waals surface area contributed by atoms with Crippen LogP contribution in [0, 0.1) is 0 Å². The number of aromatic nitrogens is 2.